The largest absolute Gasteiger partial charge is 0.365 e. The van der Waals surface area contributed by atoms with Crippen LogP contribution in [0, 0.1) is 30.1 Å². The van der Waals surface area contributed by atoms with Gasteiger partial charge < -0.3 is 10.2 Å². The second-order valence-electron chi connectivity index (χ2n) is 7.18. The van der Waals surface area contributed by atoms with Gasteiger partial charge in [-0.2, -0.15) is 5.26 Å². The number of carbonyl (C=O) groups excluding carboxylic acids is 2. The molecule has 1 saturated heterocycles. The summed E-state index contributed by atoms with van der Waals surface area (Å²) in [5, 5.41) is 12.1. The van der Waals surface area contributed by atoms with E-state index in [2.05, 4.69) is 23.2 Å². The van der Waals surface area contributed by atoms with Gasteiger partial charge in [0.1, 0.15) is 6.04 Å². The summed E-state index contributed by atoms with van der Waals surface area (Å²) in [5.41, 5.74) is 3.51. The number of hydrogen-bond acceptors (Lipinski definition) is 4. The van der Waals surface area contributed by atoms with Gasteiger partial charge in [0.2, 0.25) is 0 Å². The first kappa shape index (κ1) is 20.2. The lowest BCUT2D eigenvalue weighted by Gasteiger charge is -2.16. The van der Waals surface area contributed by atoms with E-state index in [1.165, 1.54) is 6.92 Å². The summed E-state index contributed by atoms with van der Waals surface area (Å²) in [7, 11) is 0. The van der Waals surface area contributed by atoms with E-state index in [9.17, 15) is 9.59 Å². The molecular formula is C24H23N3O2. The molecule has 5 heteroatoms. The number of nitrogens with one attached hydrogen (secondary N) is 1. The Balaban J connectivity index is 1.77. The molecule has 0 aliphatic carbocycles. The average molecular weight is 385 g/mol. The number of Topliss-reactive ketones (excluding diaryl/α,β-unsaturated/α-hetero) is 1. The van der Waals surface area contributed by atoms with Crippen molar-refractivity contribution >= 4 is 17.4 Å². The van der Waals surface area contributed by atoms with Crippen molar-refractivity contribution in [3.05, 3.63) is 64.7 Å². The predicted octanol–water partition coefficient (Wildman–Crippen LogP) is 3.52. The Morgan fingerprint density at radius 2 is 1.86 bits per heavy atom. The number of aryl methyl sites for hydroxylation is 1. The molecule has 0 bridgehead atoms. The van der Waals surface area contributed by atoms with Crippen LogP contribution in [-0.2, 0) is 4.79 Å². The fourth-order valence-electron chi connectivity index (χ4n) is 3.31. The zero-order chi connectivity index (χ0) is 20.8. The monoisotopic (exact) mass is 385 g/mol. The molecule has 0 saturated carbocycles. The molecule has 3 rings (SSSR count). The molecule has 1 aliphatic rings. The number of benzene rings is 2. The van der Waals surface area contributed by atoms with Gasteiger partial charge in [0.25, 0.3) is 5.91 Å². The van der Waals surface area contributed by atoms with Gasteiger partial charge in [-0.15, -0.1) is 0 Å². The number of ketones is 1. The number of nitriles is 1. The van der Waals surface area contributed by atoms with Crippen molar-refractivity contribution in [3.63, 3.8) is 0 Å². The summed E-state index contributed by atoms with van der Waals surface area (Å²) in [6.07, 6.45) is 2.12. The number of hydrogen-bond donors (Lipinski definition) is 1. The van der Waals surface area contributed by atoms with Crippen molar-refractivity contribution in [1.29, 1.82) is 5.26 Å². The Bertz CT molecular complexity index is 1030. The minimum Gasteiger partial charge on any atom is -0.365 e. The van der Waals surface area contributed by atoms with Gasteiger partial charge in [-0.25, -0.2) is 0 Å². The molecule has 0 radical (unpaired) electrons. The summed E-state index contributed by atoms with van der Waals surface area (Å²) in [6, 6.07) is 13.8. The lowest BCUT2D eigenvalue weighted by atomic mass is 10.0. The summed E-state index contributed by atoms with van der Waals surface area (Å²) in [6.45, 7) is 5.02. The van der Waals surface area contributed by atoms with Gasteiger partial charge >= 0.3 is 0 Å². The first-order valence-electron chi connectivity index (χ1n) is 9.66. The highest BCUT2D eigenvalue weighted by atomic mass is 16.2. The van der Waals surface area contributed by atoms with Gasteiger partial charge in [-0.05, 0) is 68.7 Å². The standard InChI is InChI=1S/C24H23N3O2/c1-17-14-19(8-10-22(17)24(29)27-12-3-4-13-27)9-11-23(18(2)28)26-21-7-5-6-20(15-21)16-25/h5-8,10,14-15,23,26H,3-4,12-13H2,1-2H3. The van der Waals surface area contributed by atoms with Crippen molar-refractivity contribution in [3.8, 4) is 17.9 Å². The van der Waals surface area contributed by atoms with Crippen LogP contribution in [0.3, 0.4) is 0 Å². The van der Waals surface area contributed by atoms with Gasteiger partial charge in [0, 0.05) is 29.9 Å². The topological polar surface area (TPSA) is 73.2 Å². The molecule has 5 nitrogen and oxygen atoms in total. The fraction of sp³-hybridized carbons (Fsp3) is 0.292. The maximum absolute atomic E-state index is 12.6. The van der Waals surface area contributed by atoms with E-state index in [0.717, 1.165) is 37.1 Å². The Morgan fingerprint density at radius 1 is 1.10 bits per heavy atom. The van der Waals surface area contributed by atoms with Crippen LogP contribution < -0.4 is 5.32 Å². The molecule has 0 aromatic heterocycles. The quantitative estimate of drug-likeness (QED) is 0.818. The lowest BCUT2D eigenvalue weighted by Crippen LogP contribution is -2.28. The Labute approximate surface area is 171 Å². The molecule has 1 heterocycles. The zero-order valence-electron chi connectivity index (χ0n) is 16.7. The highest BCUT2D eigenvalue weighted by molar-refractivity contribution is 5.96. The number of amides is 1. The molecule has 29 heavy (non-hydrogen) atoms. The van der Waals surface area contributed by atoms with Gasteiger partial charge in [0.05, 0.1) is 11.6 Å². The number of likely N-dealkylation sites (tertiary alicyclic amines) is 1. The van der Waals surface area contributed by atoms with E-state index in [0.29, 0.717) is 16.8 Å². The first-order chi connectivity index (χ1) is 14.0. The van der Waals surface area contributed by atoms with E-state index in [1.54, 1.807) is 24.3 Å². The summed E-state index contributed by atoms with van der Waals surface area (Å²) >= 11 is 0. The SMILES string of the molecule is CC(=O)C(C#Cc1ccc(C(=O)N2CCCC2)c(C)c1)Nc1cccc(C#N)c1. The van der Waals surface area contributed by atoms with E-state index >= 15 is 0 Å². The maximum Gasteiger partial charge on any atom is 0.254 e. The van der Waals surface area contributed by atoms with Crippen LogP contribution in [-0.4, -0.2) is 35.7 Å². The summed E-state index contributed by atoms with van der Waals surface area (Å²) < 4.78 is 0. The van der Waals surface area contributed by atoms with Crippen LogP contribution in [0.15, 0.2) is 42.5 Å². The maximum atomic E-state index is 12.6. The Morgan fingerprint density at radius 3 is 2.52 bits per heavy atom. The van der Waals surface area contributed by atoms with Crippen molar-refractivity contribution in [1.82, 2.24) is 4.90 Å². The van der Waals surface area contributed by atoms with Crippen molar-refractivity contribution < 1.29 is 9.59 Å². The number of anilines is 1. The van der Waals surface area contributed by atoms with Crippen LogP contribution in [0.2, 0.25) is 0 Å². The zero-order valence-corrected chi connectivity index (χ0v) is 16.7. The number of rotatable bonds is 4. The third kappa shape index (κ3) is 5.03. The first-order valence-corrected chi connectivity index (χ1v) is 9.66. The molecule has 1 atom stereocenters. The van der Waals surface area contributed by atoms with E-state index in [-0.39, 0.29) is 11.7 Å². The number of carbonyl (C=O) groups is 2. The average Bonchev–Trinajstić information content (AvgIpc) is 3.25. The van der Waals surface area contributed by atoms with E-state index in [1.807, 2.05) is 30.0 Å². The highest BCUT2D eigenvalue weighted by Gasteiger charge is 2.20. The van der Waals surface area contributed by atoms with Gasteiger partial charge in [0.15, 0.2) is 5.78 Å². The molecule has 2 aromatic rings. The molecule has 1 unspecified atom stereocenters. The van der Waals surface area contributed by atoms with Crippen LogP contribution in [0.25, 0.3) is 0 Å². The van der Waals surface area contributed by atoms with Crippen molar-refractivity contribution in [2.75, 3.05) is 18.4 Å². The molecular weight excluding hydrogens is 362 g/mol. The van der Waals surface area contributed by atoms with Crippen LogP contribution in [0.4, 0.5) is 5.69 Å². The van der Waals surface area contributed by atoms with Crippen LogP contribution >= 0.6 is 0 Å². The van der Waals surface area contributed by atoms with Crippen molar-refractivity contribution in [2.24, 2.45) is 0 Å². The molecule has 2 aromatic carbocycles. The highest BCUT2D eigenvalue weighted by Crippen LogP contribution is 2.17. The third-order valence-electron chi connectivity index (χ3n) is 4.92. The van der Waals surface area contributed by atoms with E-state index < -0.39 is 6.04 Å². The Kier molecular flexibility index (Phi) is 6.32. The van der Waals surface area contributed by atoms with Gasteiger partial charge in [-0.3, -0.25) is 9.59 Å². The predicted molar refractivity (Wildman–Crippen MR) is 112 cm³/mol. The molecule has 146 valence electrons. The summed E-state index contributed by atoms with van der Waals surface area (Å²) in [4.78, 5) is 26.5. The molecule has 0 spiro atoms. The summed E-state index contributed by atoms with van der Waals surface area (Å²) in [5.74, 6) is 5.95. The molecule has 1 fully saturated rings. The van der Waals surface area contributed by atoms with Gasteiger partial charge in [-0.1, -0.05) is 17.9 Å². The molecule has 1 amide bonds. The van der Waals surface area contributed by atoms with Crippen LogP contribution in [0.1, 0.15) is 46.8 Å². The van der Waals surface area contributed by atoms with Crippen LogP contribution in [0.5, 0.6) is 0 Å². The third-order valence-corrected chi connectivity index (χ3v) is 4.92. The number of nitrogens with zero attached hydrogens (tertiary/aromatic N) is 2. The molecule has 1 N–H and O–H groups in total. The van der Waals surface area contributed by atoms with Crippen molar-refractivity contribution in [2.45, 2.75) is 32.7 Å². The Hall–Kier alpha value is -3.57. The second-order valence-corrected chi connectivity index (χ2v) is 7.18. The normalized spacial score (nSPS) is 13.8. The fourth-order valence-corrected chi connectivity index (χ4v) is 3.31. The smallest absolute Gasteiger partial charge is 0.254 e. The second kappa shape index (κ2) is 9.08. The minimum atomic E-state index is -0.685. The minimum absolute atomic E-state index is 0.0696. The lowest BCUT2D eigenvalue weighted by molar-refractivity contribution is -0.116. The molecule has 1 aliphatic heterocycles. The van der Waals surface area contributed by atoms with E-state index in [4.69, 9.17) is 5.26 Å².